The minimum absolute atomic E-state index is 0.0176. The molecule has 0 saturated heterocycles. The van der Waals surface area contributed by atoms with Gasteiger partial charge in [0, 0.05) is 41.6 Å². The van der Waals surface area contributed by atoms with Crippen molar-refractivity contribution in [2.75, 3.05) is 10.6 Å². The highest BCUT2D eigenvalue weighted by molar-refractivity contribution is 6.35. The van der Waals surface area contributed by atoms with Gasteiger partial charge in [-0.15, -0.1) is 0 Å². The van der Waals surface area contributed by atoms with Crippen molar-refractivity contribution in [1.29, 1.82) is 5.41 Å². The van der Waals surface area contributed by atoms with E-state index < -0.39 is 0 Å². The Labute approximate surface area is 142 Å². The lowest BCUT2D eigenvalue weighted by atomic mass is 10.0. The number of carbonyl (C=O) groups is 1. The molecule has 1 aliphatic heterocycles. The van der Waals surface area contributed by atoms with Gasteiger partial charge in [0.05, 0.1) is 16.4 Å². The quantitative estimate of drug-likeness (QED) is 0.634. The van der Waals surface area contributed by atoms with E-state index in [4.69, 9.17) is 17.0 Å². The normalized spacial score (nSPS) is 18.4. The monoisotopic (exact) mass is 334 g/mol. The van der Waals surface area contributed by atoms with E-state index in [1.807, 2.05) is 40.0 Å². The van der Waals surface area contributed by atoms with Crippen LogP contribution in [0.4, 0.5) is 11.4 Å². The van der Waals surface area contributed by atoms with E-state index in [0.717, 1.165) is 11.3 Å². The average molecular weight is 335 g/mol. The molecule has 5 nitrogen and oxygen atoms in total. The maximum atomic E-state index is 11.9. The molecule has 1 aromatic rings. The van der Waals surface area contributed by atoms with Gasteiger partial charge in [0.2, 0.25) is 5.91 Å². The number of nitrogens with one attached hydrogen (secondary N) is 4. The molecule has 4 N–H and O–H groups in total. The molecule has 1 amide bonds. The van der Waals surface area contributed by atoms with E-state index >= 15 is 0 Å². The highest BCUT2D eigenvalue weighted by atomic mass is 35.5. The number of rotatable bonds is 3. The first-order valence-corrected chi connectivity index (χ1v) is 7.96. The lowest BCUT2D eigenvalue weighted by molar-refractivity contribution is -0.116. The third kappa shape index (κ3) is 4.26. The molecule has 0 aliphatic carbocycles. The number of hydrogen-bond acceptors (Lipinski definition) is 4. The standard InChI is InChI=1S/C17H23ClN4O/c1-10-7-14(23)22-16-13(18)6-5-12(15(16)21-10)11(8-19)9-20-17(2,3)4/h5-6,8-10,19-21H,7H2,1-4H3,(H,22,23)/b11-9+,19-8?/t10-/m1/s1. The fraction of sp³-hybridized carbons (Fsp3) is 0.412. The molecule has 1 aliphatic rings. The van der Waals surface area contributed by atoms with Gasteiger partial charge in [-0.2, -0.15) is 0 Å². The predicted molar refractivity (Wildman–Crippen MR) is 97.4 cm³/mol. The van der Waals surface area contributed by atoms with Crippen LogP contribution in [0.25, 0.3) is 5.57 Å². The Morgan fingerprint density at radius 3 is 2.70 bits per heavy atom. The van der Waals surface area contributed by atoms with Crippen LogP contribution in [-0.4, -0.2) is 23.7 Å². The van der Waals surface area contributed by atoms with Crippen molar-refractivity contribution >= 4 is 40.7 Å². The van der Waals surface area contributed by atoms with E-state index in [1.54, 1.807) is 6.07 Å². The SMILES string of the molecule is C[C@@H]1CC(=O)Nc2c(Cl)ccc(/C(C=N)=C/NC(C)(C)C)c2N1. The number of fused-ring (bicyclic) bond motifs is 1. The Balaban J connectivity index is 2.53. The van der Waals surface area contributed by atoms with E-state index in [9.17, 15) is 4.79 Å². The van der Waals surface area contributed by atoms with Crippen molar-refractivity contribution in [2.45, 2.75) is 45.7 Å². The Hall–Kier alpha value is -2.01. The molecule has 1 aromatic carbocycles. The van der Waals surface area contributed by atoms with Crippen LogP contribution < -0.4 is 16.0 Å². The van der Waals surface area contributed by atoms with Crippen molar-refractivity contribution in [2.24, 2.45) is 0 Å². The number of halogens is 1. The Morgan fingerprint density at radius 1 is 1.39 bits per heavy atom. The summed E-state index contributed by atoms with van der Waals surface area (Å²) in [6.45, 7) is 8.09. The second-order valence-electron chi connectivity index (χ2n) is 6.78. The molecule has 1 atom stereocenters. The molecule has 0 saturated carbocycles. The first kappa shape index (κ1) is 17.3. The van der Waals surface area contributed by atoms with Crippen molar-refractivity contribution in [3.05, 3.63) is 28.9 Å². The van der Waals surface area contributed by atoms with Crippen LogP contribution in [0, 0.1) is 5.41 Å². The van der Waals surface area contributed by atoms with Gasteiger partial charge < -0.3 is 21.4 Å². The molecule has 6 heteroatoms. The summed E-state index contributed by atoms with van der Waals surface area (Å²) in [6.07, 6.45) is 3.48. The van der Waals surface area contributed by atoms with Crippen molar-refractivity contribution in [3.8, 4) is 0 Å². The lowest BCUT2D eigenvalue weighted by Crippen LogP contribution is -2.31. The maximum absolute atomic E-state index is 11.9. The topological polar surface area (TPSA) is 77.0 Å². The Kier molecular flexibility index (Phi) is 5.00. The van der Waals surface area contributed by atoms with E-state index in [2.05, 4.69) is 16.0 Å². The minimum Gasteiger partial charge on any atom is -0.386 e. The minimum atomic E-state index is -0.105. The highest BCUT2D eigenvalue weighted by Gasteiger charge is 2.23. The first-order chi connectivity index (χ1) is 10.7. The molecule has 0 bridgehead atoms. The average Bonchev–Trinajstić information content (AvgIpc) is 2.58. The van der Waals surface area contributed by atoms with Gasteiger partial charge in [-0.25, -0.2) is 0 Å². The smallest absolute Gasteiger partial charge is 0.226 e. The van der Waals surface area contributed by atoms with Gasteiger partial charge in [0.1, 0.15) is 0 Å². The van der Waals surface area contributed by atoms with E-state index in [-0.39, 0.29) is 17.5 Å². The summed E-state index contributed by atoms with van der Waals surface area (Å²) in [4.78, 5) is 11.9. The second-order valence-corrected chi connectivity index (χ2v) is 7.19. The number of amides is 1. The molecular formula is C17H23ClN4O. The van der Waals surface area contributed by atoms with Gasteiger partial charge in [-0.05, 0) is 33.8 Å². The van der Waals surface area contributed by atoms with Crippen LogP contribution in [0.15, 0.2) is 18.3 Å². The highest BCUT2D eigenvalue weighted by Crippen LogP contribution is 2.38. The summed E-state index contributed by atoms with van der Waals surface area (Å²) >= 11 is 6.25. The lowest BCUT2D eigenvalue weighted by Gasteiger charge is -2.21. The van der Waals surface area contributed by atoms with Crippen LogP contribution in [0.5, 0.6) is 0 Å². The van der Waals surface area contributed by atoms with Crippen LogP contribution in [-0.2, 0) is 4.79 Å². The molecule has 2 rings (SSSR count). The van der Waals surface area contributed by atoms with E-state index in [1.165, 1.54) is 6.21 Å². The zero-order chi connectivity index (χ0) is 17.2. The maximum Gasteiger partial charge on any atom is 0.226 e. The van der Waals surface area contributed by atoms with Gasteiger partial charge in [-0.1, -0.05) is 17.7 Å². The Morgan fingerprint density at radius 2 is 2.09 bits per heavy atom. The van der Waals surface area contributed by atoms with E-state index in [0.29, 0.717) is 22.7 Å². The third-order valence-corrected chi connectivity index (χ3v) is 3.74. The largest absolute Gasteiger partial charge is 0.386 e. The van der Waals surface area contributed by atoms with Gasteiger partial charge in [0.25, 0.3) is 0 Å². The van der Waals surface area contributed by atoms with Crippen molar-refractivity contribution < 1.29 is 4.79 Å². The molecule has 124 valence electrons. The van der Waals surface area contributed by atoms with Crippen molar-refractivity contribution in [1.82, 2.24) is 5.32 Å². The molecule has 0 unspecified atom stereocenters. The summed E-state index contributed by atoms with van der Waals surface area (Å²) in [5.41, 5.74) is 2.75. The summed E-state index contributed by atoms with van der Waals surface area (Å²) < 4.78 is 0. The third-order valence-electron chi connectivity index (χ3n) is 3.43. The number of allylic oxidation sites excluding steroid dienone is 1. The second kappa shape index (κ2) is 6.62. The molecule has 0 spiro atoms. The van der Waals surface area contributed by atoms with Gasteiger partial charge in [0.15, 0.2) is 0 Å². The van der Waals surface area contributed by atoms with Crippen molar-refractivity contribution in [3.63, 3.8) is 0 Å². The number of hydrogen-bond donors (Lipinski definition) is 4. The van der Waals surface area contributed by atoms with Crippen LogP contribution in [0.1, 0.15) is 39.7 Å². The summed E-state index contributed by atoms with van der Waals surface area (Å²) in [6, 6.07) is 3.58. The predicted octanol–water partition coefficient (Wildman–Crippen LogP) is 3.86. The van der Waals surface area contributed by atoms with Crippen LogP contribution >= 0.6 is 11.6 Å². The van der Waals surface area contributed by atoms with Crippen LogP contribution in [0.3, 0.4) is 0 Å². The molecule has 0 fully saturated rings. The first-order valence-electron chi connectivity index (χ1n) is 7.59. The number of benzene rings is 1. The molecular weight excluding hydrogens is 312 g/mol. The van der Waals surface area contributed by atoms with Crippen LogP contribution in [0.2, 0.25) is 5.02 Å². The fourth-order valence-electron chi connectivity index (χ4n) is 2.35. The number of carbonyl (C=O) groups excluding carboxylic acids is 1. The molecule has 23 heavy (non-hydrogen) atoms. The summed E-state index contributed by atoms with van der Waals surface area (Å²) in [7, 11) is 0. The molecule has 1 heterocycles. The van der Waals surface area contributed by atoms with Gasteiger partial charge >= 0.3 is 0 Å². The number of anilines is 2. The zero-order valence-electron chi connectivity index (χ0n) is 13.9. The Bertz CT molecular complexity index is 661. The zero-order valence-corrected chi connectivity index (χ0v) is 14.6. The molecule has 0 aromatic heterocycles. The molecule has 0 radical (unpaired) electrons. The summed E-state index contributed by atoms with van der Waals surface area (Å²) in [5.74, 6) is -0.0731. The summed E-state index contributed by atoms with van der Waals surface area (Å²) in [5, 5.41) is 17.7. The fourth-order valence-corrected chi connectivity index (χ4v) is 2.55. The van der Waals surface area contributed by atoms with Gasteiger partial charge in [-0.3, -0.25) is 4.79 Å².